The standard InChI is InChI=1S/C12H16N4O4/c1-6-11(18)14-10(17)5-16(6)4-8-3-9(12(19)15-13)20-7(8)2/h3,6H,4-5,13H2,1-2H3,(H,15,19)(H,14,17,18). The molecule has 0 saturated carbocycles. The zero-order valence-electron chi connectivity index (χ0n) is 11.2. The summed E-state index contributed by atoms with van der Waals surface area (Å²) < 4.78 is 5.29. The normalized spacial score (nSPS) is 19.9. The molecule has 0 spiro atoms. The molecule has 0 radical (unpaired) electrons. The lowest BCUT2D eigenvalue weighted by molar-refractivity contribution is -0.139. The molecule has 1 aromatic rings. The van der Waals surface area contributed by atoms with Crippen LogP contribution in [0.5, 0.6) is 0 Å². The number of rotatable bonds is 3. The molecule has 1 atom stereocenters. The van der Waals surface area contributed by atoms with Gasteiger partial charge in [0.1, 0.15) is 5.76 Å². The highest BCUT2D eigenvalue weighted by Gasteiger charge is 2.31. The van der Waals surface area contributed by atoms with Crippen molar-refractivity contribution >= 4 is 17.7 Å². The zero-order valence-corrected chi connectivity index (χ0v) is 11.2. The summed E-state index contributed by atoms with van der Waals surface area (Å²) in [4.78, 5) is 36.0. The smallest absolute Gasteiger partial charge is 0.300 e. The fourth-order valence-corrected chi connectivity index (χ4v) is 2.04. The Hall–Kier alpha value is -2.19. The van der Waals surface area contributed by atoms with Crippen molar-refractivity contribution in [3.05, 3.63) is 23.2 Å². The van der Waals surface area contributed by atoms with Crippen LogP contribution in [0.3, 0.4) is 0 Å². The molecule has 1 saturated heterocycles. The van der Waals surface area contributed by atoms with Gasteiger partial charge in [-0.05, 0) is 19.9 Å². The van der Waals surface area contributed by atoms with Crippen molar-refractivity contribution < 1.29 is 18.8 Å². The number of hydrazine groups is 1. The molecule has 1 aliphatic rings. The Morgan fingerprint density at radius 1 is 1.60 bits per heavy atom. The molecule has 20 heavy (non-hydrogen) atoms. The summed E-state index contributed by atoms with van der Waals surface area (Å²) >= 11 is 0. The highest BCUT2D eigenvalue weighted by Crippen LogP contribution is 2.18. The summed E-state index contributed by atoms with van der Waals surface area (Å²) in [6.07, 6.45) is 0. The van der Waals surface area contributed by atoms with E-state index in [1.807, 2.05) is 5.43 Å². The van der Waals surface area contributed by atoms with Crippen molar-refractivity contribution in [2.45, 2.75) is 26.4 Å². The lowest BCUT2D eigenvalue weighted by Gasteiger charge is -2.31. The lowest BCUT2D eigenvalue weighted by Crippen LogP contribution is -2.56. The molecule has 3 amide bonds. The van der Waals surface area contributed by atoms with Crippen LogP contribution in [0.4, 0.5) is 0 Å². The number of hydrogen-bond acceptors (Lipinski definition) is 6. The van der Waals surface area contributed by atoms with Gasteiger partial charge >= 0.3 is 5.91 Å². The number of nitrogens with two attached hydrogens (primary N) is 1. The Morgan fingerprint density at radius 2 is 2.30 bits per heavy atom. The first-order chi connectivity index (χ1) is 9.42. The van der Waals surface area contributed by atoms with Crippen LogP contribution in [0, 0.1) is 6.92 Å². The first-order valence-corrected chi connectivity index (χ1v) is 6.10. The number of amides is 3. The molecule has 4 N–H and O–H groups in total. The molecule has 1 aromatic heterocycles. The Labute approximate surface area is 115 Å². The second kappa shape index (κ2) is 5.43. The van der Waals surface area contributed by atoms with E-state index in [0.29, 0.717) is 12.3 Å². The number of nitrogens with zero attached hydrogens (tertiary/aromatic N) is 1. The van der Waals surface area contributed by atoms with Crippen LogP contribution in [-0.2, 0) is 16.1 Å². The molecule has 8 heteroatoms. The van der Waals surface area contributed by atoms with Crippen molar-refractivity contribution in [2.24, 2.45) is 5.84 Å². The van der Waals surface area contributed by atoms with Crippen LogP contribution >= 0.6 is 0 Å². The van der Waals surface area contributed by atoms with Gasteiger partial charge in [-0.15, -0.1) is 0 Å². The van der Waals surface area contributed by atoms with Crippen molar-refractivity contribution in [3.63, 3.8) is 0 Å². The van der Waals surface area contributed by atoms with Gasteiger partial charge in [-0.2, -0.15) is 0 Å². The van der Waals surface area contributed by atoms with Gasteiger partial charge in [0.2, 0.25) is 11.8 Å². The number of aryl methyl sites for hydroxylation is 1. The number of nitrogens with one attached hydrogen (secondary N) is 2. The molecule has 1 fully saturated rings. The number of carbonyl (C=O) groups excluding carboxylic acids is 3. The van der Waals surface area contributed by atoms with Gasteiger partial charge in [0.15, 0.2) is 5.76 Å². The minimum absolute atomic E-state index is 0.0976. The van der Waals surface area contributed by atoms with Crippen LogP contribution in [0.2, 0.25) is 0 Å². The summed E-state index contributed by atoms with van der Waals surface area (Å²) in [5, 5.41) is 2.27. The Kier molecular flexibility index (Phi) is 3.86. The first-order valence-electron chi connectivity index (χ1n) is 6.10. The molecule has 2 rings (SSSR count). The van der Waals surface area contributed by atoms with E-state index < -0.39 is 11.9 Å². The van der Waals surface area contributed by atoms with Crippen molar-refractivity contribution in [1.29, 1.82) is 0 Å². The number of carbonyl (C=O) groups is 3. The van der Waals surface area contributed by atoms with Crippen molar-refractivity contribution in [2.75, 3.05) is 6.54 Å². The van der Waals surface area contributed by atoms with E-state index in [0.717, 1.165) is 5.56 Å². The monoisotopic (exact) mass is 280 g/mol. The average molecular weight is 280 g/mol. The number of nitrogen functional groups attached to an aromatic ring is 1. The number of piperazine rings is 1. The highest BCUT2D eigenvalue weighted by molar-refractivity contribution is 6.00. The van der Waals surface area contributed by atoms with Gasteiger partial charge in [0.25, 0.3) is 0 Å². The second-order valence-electron chi connectivity index (χ2n) is 4.66. The number of imide groups is 1. The highest BCUT2D eigenvalue weighted by atomic mass is 16.4. The van der Waals surface area contributed by atoms with Crippen LogP contribution in [0.1, 0.15) is 28.8 Å². The molecular weight excluding hydrogens is 264 g/mol. The first kappa shape index (κ1) is 14.2. The lowest BCUT2D eigenvalue weighted by atomic mass is 10.1. The van der Waals surface area contributed by atoms with Crippen LogP contribution in [-0.4, -0.2) is 35.2 Å². The Morgan fingerprint density at radius 3 is 2.95 bits per heavy atom. The fourth-order valence-electron chi connectivity index (χ4n) is 2.04. The van der Waals surface area contributed by atoms with E-state index in [2.05, 4.69) is 5.32 Å². The van der Waals surface area contributed by atoms with Gasteiger partial charge in [-0.25, -0.2) is 5.84 Å². The maximum Gasteiger partial charge on any atom is 0.300 e. The van der Waals surface area contributed by atoms with Gasteiger partial charge in [-0.3, -0.25) is 30.0 Å². The van der Waals surface area contributed by atoms with Crippen LogP contribution in [0.25, 0.3) is 0 Å². The molecule has 8 nitrogen and oxygen atoms in total. The summed E-state index contributed by atoms with van der Waals surface area (Å²) in [7, 11) is 0. The SMILES string of the molecule is Cc1oc(C(=O)NN)cc1CN1CC(=O)NC(=O)C1C. The van der Waals surface area contributed by atoms with Crippen LogP contribution in [0.15, 0.2) is 10.5 Å². The maximum atomic E-state index is 11.6. The third kappa shape index (κ3) is 2.70. The summed E-state index contributed by atoms with van der Waals surface area (Å²) in [5.41, 5.74) is 2.72. The Bertz CT molecular complexity index is 566. The molecule has 1 unspecified atom stereocenters. The predicted octanol–water partition coefficient (Wildman–Crippen LogP) is -0.962. The van der Waals surface area contributed by atoms with E-state index in [-0.39, 0.29) is 24.1 Å². The quantitative estimate of drug-likeness (QED) is 0.284. The molecule has 2 heterocycles. The van der Waals surface area contributed by atoms with E-state index in [9.17, 15) is 14.4 Å². The molecule has 1 aliphatic heterocycles. The van der Waals surface area contributed by atoms with E-state index in [4.69, 9.17) is 10.3 Å². The van der Waals surface area contributed by atoms with Crippen molar-refractivity contribution in [3.8, 4) is 0 Å². The molecular formula is C12H16N4O4. The summed E-state index contributed by atoms with van der Waals surface area (Å²) in [5.74, 6) is 4.49. The molecule has 0 aliphatic carbocycles. The summed E-state index contributed by atoms with van der Waals surface area (Å²) in [6.45, 7) is 3.88. The third-order valence-electron chi connectivity index (χ3n) is 3.29. The predicted molar refractivity (Wildman–Crippen MR) is 68.1 cm³/mol. The molecule has 108 valence electrons. The van der Waals surface area contributed by atoms with Gasteiger partial charge in [0, 0.05) is 12.1 Å². The number of furan rings is 1. The van der Waals surface area contributed by atoms with Gasteiger partial charge < -0.3 is 4.42 Å². The average Bonchev–Trinajstić information content (AvgIpc) is 2.76. The molecule has 0 bridgehead atoms. The maximum absolute atomic E-state index is 11.6. The van der Waals surface area contributed by atoms with Crippen molar-refractivity contribution in [1.82, 2.24) is 15.6 Å². The van der Waals surface area contributed by atoms with Gasteiger partial charge in [-0.1, -0.05) is 0 Å². The van der Waals surface area contributed by atoms with Gasteiger partial charge in [0.05, 0.1) is 12.6 Å². The second-order valence-corrected chi connectivity index (χ2v) is 4.66. The van der Waals surface area contributed by atoms with Crippen LogP contribution < -0.4 is 16.6 Å². The topological polar surface area (TPSA) is 118 Å². The largest absolute Gasteiger partial charge is 0.456 e. The minimum atomic E-state index is -0.528. The fraction of sp³-hybridized carbons (Fsp3) is 0.417. The Balaban J connectivity index is 2.17. The minimum Gasteiger partial charge on any atom is -0.456 e. The van der Waals surface area contributed by atoms with E-state index in [1.54, 1.807) is 24.8 Å². The third-order valence-corrected chi connectivity index (χ3v) is 3.29. The zero-order chi connectivity index (χ0) is 14.9. The molecule has 0 aromatic carbocycles. The number of hydrogen-bond donors (Lipinski definition) is 3. The van der Waals surface area contributed by atoms with E-state index in [1.165, 1.54) is 0 Å². The summed E-state index contributed by atoms with van der Waals surface area (Å²) in [6, 6.07) is 1.13. The van der Waals surface area contributed by atoms with E-state index >= 15 is 0 Å².